The summed E-state index contributed by atoms with van der Waals surface area (Å²) in [5, 5.41) is 18.6. The van der Waals surface area contributed by atoms with E-state index in [1.165, 1.54) is 12.1 Å². The third-order valence-corrected chi connectivity index (χ3v) is 6.71. The van der Waals surface area contributed by atoms with Gasteiger partial charge in [-0.3, -0.25) is 5.10 Å². The van der Waals surface area contributed by atoms with Crippen molar-refractivity contribution in [2.75, 3.05) is 26.9 Å². The first-order chi connectivity index (χ1) is 17.0. The molecule has 3 heterocycles. The van der Waals surface area contributed by atoms with Crippen LogP contribution in [0.1, 0.15) is 16.1 Å². The first kappa shape index (κ1) is 21.5. The molecule has 0 aliphatic carbocycles. The Bertz CT molecular complexity index is 1560. The Balaban J connectivity index is 1.75. The van der Waals surface area contributed by atoms with Gasteiger partial charge in [0.25, 0.3) is 0 Å². The molecule has 0 atom stereocenters. The minimum Gasteiger partial charge on any atom is -0.478 e. The highest BCUT2D eigenvalue weighted by Crippen LogP contribution is 2.46. The number of aromatic amines is 1. The zero-order chi connectivity index (χ0) is 24.2. The molecule has 0 unspecified atom stereocenters. The molecule has 6 rings (SSSR count). The number of carbonyl (C=O) groups is 1. The molecule has 1 aliphatic heterocycles. The van der Waals surface area contributed by atoms with Gasteiger partial charge in [0.15, 0.2) is 0 Å². The van der Waals surface area contributed by atoms with Gasteiger partial charge in [0.2, 0.25) is 0 Å². The summed E-state index contributed by atoms with van der Waals surface area (Å²) in [6, 6.07) is 17.4. The predicted octanol–water partition coefficient (Wildman–Crippen LogP) is 4.93. The van der Waals surface area contributed by atoms with Crippen LogP contribution in [0.2, 0.25) is 0 Å². The molecule has 0 saturated carbocycles. The Morgan fingerprint density at radius 2 is 1.91 bits per heavy atom. The topological polar surface area (TPSA) is 89.4 Å². The van der Waals surface area contributed by atoms with Crippen molar-refractivity contribution < 1.29 is 23.8 Å². The maximum Gasteiger partial charge on any atom is 0.335 e. The Hall–Kier alpha value is -4.01. The van der Waals surface area contributed by atoms with Gasteiger partial charge in [-0.15, -0.1) is 0 Å². The van der Waals surface area contributed by atoms with Crippen molar-refractivity contribution in [2.45, 2.75) is 5.41 Å². The number of ether oxygens (including phenoxy) is 2. The molecule has 1 saturated heterocycles. The molecule has 2 N–H and O–H groups in total. The zero-order valence-corrected chi connectivity index (χ0v) is 18.9. The number of hydrogen-bond acceptors (Lipinski definition) is 4. The van der Waals surface area contributed by atoms with Crippen LogP contribution < -0.4 is 0 Å². The molecule has 8 heteroatoms. The van der Waals surface area contributed by atoms with Gasteiger partial charge in [0.1, 0.15) is 5.82 Å². The van der Waals surface area contributed by atoms with Crippen LogP contribution in [-0.2, 0) is 14.9 Å². The van der Waals surface area contributed by atoms with E-state index in [9.17, 15) is 14.3 Å². The van der Waals surface area contributed by atoms with E-state index in [-0.39, 0.29) is 11.4 Å². The van der Waals surface area contributed by atoms with E-state index >= 15 is 0 Å². The van der Waals surface area contributed by atoms with Crippen molar-refractivity contribution in [2.24, 2.45) is 0 Å². The fourth-order valence-corrected chi connectivity index (χ4v) is 5.07. The Kier molecular flexibility index (Phi) is 4.94. The number of carboxylic acid groups (broad SMARTS) is 1. The quantitative estimate of drug-likeness (QED) is 0.367. The van der Waals surface area contributed by atoms with Crippen LogP contribution in [0, 0.1) is 5.82 Å². The van der Waals surface area contributed by atoms with Crippen LogP contribution in [0.4, 0.5) is 4.39 Å². The normalized spacial score (nSPS) is 14.9. The Morgan fingerprint density at radius 3 is 2.54 bits per heavy atom. The van der Waals surface area contributed by atoms with Crippen LogP contribution >= 0.6 is 0 Å². The van der Waals surface area contributed by atoms with E-state index in [4.69, 9.17) is 9.47 Å². The maximum absolute atomic E-state index is 13.9. The number of rotatable bonds is 6. The average molecular weight is 471 g/mol. The summed E-state index contributed by atoms with van der Waals surface area (Å²) < 4.78 is 27.4. The second-order valence-electron chi connectivity index (χ2n) is 8.95. The summed E-state index contributed by atoms with van der Waals surface area (Å²) in [4.78, 5) is 11.5. The lowest BCUT2D eigenvalue weighted by molar-refractivity contribution is -0.0938. The lowest BCUT2D eigenvalue weighted by Crippen LogP contribution is -2.51. The van der Waals surface area contributed by atoms with Crippen LogP contribution in [0.3, 0.4) is 0 Å². The summed E-state index contributed by atoms with van der Waals surface area (Å²) >= 11 is 0. The molecular weight excluding hydrogens is 449 g/mol. The van der Waals surface area contributed by atoms with E-state index in [1.807, 2.05) is 12.1 Å². The third-order valence-electron chi connectivity index (χ3n) is 6.71. The van der Waals surface area contributed by atoms with E-state index in [1.54, 1.807) is 37.6 Å². The molecule has 2 aromatic heterocycles. The smallest absolute Gasteiger partial charge is 0.335 e. The number of aromatic carboxylic acids is 1. The van der Waals surface area contributed by atoms with Crippen molar-refractivity contribution in [1.29, 1.82) is 0 Å². The molecule has 0 spiro atoms. The maximum atomic E-state index is 13.9. The highest BCUT2D eigenvalue weighted by Gasteiger charge is 2.46. The number of carboxylic acids is 1. The molecule has 3 aromatic carbocycles. The standard InChI is InChI=1S/C27H22FN3O4/c1-34-13-27(14-35-15-27)25-24(16-2-4-17(5-3-16)26(32)33)21-11-22-18(12-29-30-22)10-23(21)31(25)20-8-6-19(28)7-9-20/h2-12H,13-15H2,1H3,(H,29,30)(H,32,33). The number of nitrogens with one attached hydrogen (secondary N) is 1. The number of H-pyrrole nitrogens is 1. The highest BCUT2D eigenvalue weighted by atomic mass is 19.1. The molecule has 35 heavy (non-hydrogen) atoms. The van der Waals surface area contributed by atoms with Crippen molar-refractivity contribution in [3.63, 3.8) is 0 Å². The number of halogens is 1. The Labute approximate surface area is 199 Å². The second kappa shape index (κ2) is 8.04. The zero-order valence-electron chi connectivity index (χ0n) is 18.9. The summed E-state index contributed by atoms with van der Waals surface area (Å²) in [5.41, 5.74) is 5.22. The number of nitrogens with zero attached hydrogens (tertiary/aromatic N) is 2. The number of benzene rings is 3. The molecule has 1 aliphatic rings. The molecule has 1 fully saturated rings. The monoisotopic (exact) mass is 471 g/mol. The lowest BCUT2D eigenvalue weighted by atomic mass is 9.79. The highest BCUT2D eigenvalue weighted by molar-refractivity contribution is 6.06. The summed E-state index contributed by atoms with van der Waals surface area (Å²) in [6.07, 6.45) is 1.77. The molecule has 0 bridgehead atoms. The fourth-order valence-electron chi connectivity index (χ4n) is 5.07. The summed E-state index contributed by atoms with van der Waals surface area (Å²) in [6.45, 7) is 1.38. The van der Waals surface area contributed by atoms with Crippen LogP contribution in [0.15, 0.2) is 66.9 Å². The predicted molar refractivity (Wildman–Crippen MR) is 130 cm³/mol. The van der Waals surface area contributed by atoms with Crippen molar-refractivity contribution in [3.8, 4) is 16.8 Å². The van der Waals surface area contributed by atoms with Crippen LogP contribution in [0.25, 0.3) is 38.6 Å². The van der Waals surface area contributed by atoms with Crippen molar-refractivity contribution in [1.82, 2.24) is 14.8 Å². The van der Waals surface area contributed by atoms with Crippen LogP contribution in [0.5, 0.6) is 0 Å². The third kappa shape index (κ3) is 3.33. The van der Waals surface area contributed by atoms with Crippen molar-refractivity contribution >= 4 is 27.8 Å². The lowest BCUT2D eigenvalue weighted by Gasteiger charge is -2.42. The SMILES string of the molecule is COCC1(c2c(-c3ccc(C(=O)O)cc3)c3cc4[nH]ncc4cc3n2-c2ccc(F)cc2)COC1. The van der Waals surface area contributed by atoms with E-state index in [2.05, 4.69) is 26.9 Å². The minimum absolute atomic E-state index is 0.215. The minimum atomic E-state index is -0.979. The van der Waals surface area contributed by atoms with Gasteiger partial charge in [-0.1, -0.05) is 12.1 Å². The van der Waals surface area contributed by atoms with E-state index in [0.717, 1.165) is 44.3 Å². The average Bonchev–Trinajstić information content (AvgIpc) is 3.42. The van der Waals surface area contributed by atoms with Gasteiger partial charge in [-0.2, -0.15) is 5.10 Å². The number of fused-ring (bicyclic) bond motifs is 2. The van der Waals surface area contributed by atoms with Gasteiger partial charge in [-0.25, -0.2) is 9.18 Å². The summed E-state index contributed by atoms with van der Waals surface area (Å²) in [5.74, 6) is -1.29. The van der Waals surface area contributed by atoms with Gasteiger partial charge in [0, 0.05) is 34.8 Å². The number of methoxy groups -OCH3 is 1. The molecule has 176 valence electrons. The van der Waals surface area contributed by atoms with Gasteiger partial charge in [-0.05, 0) is 54.1 Å². The first-order valence-corrected chi connectivity index (χ1v) is 11.2. The first-order valence-electron chi connectivity index (χ1n) is 11.2. The van der Waals surface area contributed by atoms with Gasteiger partial charge in [0.05, 0.1) is 48.0 Å². The van der Waals surface area contributed by atoms with E-state index in [0.29, 0.717) is 19.8 Å². The fraction of sp³-hybridized carbons (Fsp3) is 0.185. The molecular formula is C27H22FN3O4. The van der Waals surface area contributed by atoms with Gasteiger partial charge < -0.3 is 19.1 Å². The van der Waals surface area contributed by atoms with Crippen LogP contribution in [-0.4, -0.2) is 52.8 Å². The number of hydrogen-bond donors (Lipinski definition) is 2. The number of aromatic nitrogens is 3. The Morgan fingerprint density at radius 1 is 1.17 bits per heavy atom. The largest absolute Gasteiger partial charge is 0.478 e. The van der Waals surface area contributed by atoms with Crippen molar-refractivity contribution in [3.05, 3.63) is 83.9 Å². The van der Waals surface area contributed by atoms with E-state index < -0.39 is 11.4 Å². The molecule has 5 aromatic rings. The second-order valence-corrected chi connectivity index (χ2v) is 8.95. The molecule has 0 radical (unpaired) electrons. The van der Waals surface area contributed by atoms with Gasteiger partial charge >= 0.3 is 5.97 Å². The summed E-state index contributed by atoms with van der Waals surface area (Å²) in [7, 11) is 1.67. The molecule has 7 nitrogen and oxygen atoms in total. The molecule has 0 amide bonds.